The van der Waals surface area contributed by atoms with Gasteiger partial charge in [-0.3, -0.25) is 4.79 Å². The van der Waals surface area contributed by atoms with Crippen LogP contribution >= 0.6 is 0 Å². The molecule has 2 rings (SSSR count). The second kappa shape index (κ2) is 4.54. The lowest BCUT2D eigenvalue weighted by Gasteiger charge is -2.07. The molecule has 0 aliphatic heterocycles. The Morgan fingerprint density at radius 2 is 2.18 bits per heavy atom. The van der Waals surface area contributed by atoms with Crippen LogP contribution in [0.25, 0.3) is 0 Å². The molecule has 0 fully saturated rings. The molecule has 0 radical (unpaired) electrons. The van der Waals surface area contributed by atoms with Gasteiger partial charge in [-0.2, -0.15) is 5.26 Å². The first-order valence-electron chi connectivity index (χ1n) is 5.13. The predicted octanol–water partition coefficient (Wildman–Crippen LogP) is 1.35. The highest BCUT2D eigenvalue weighted by Gasteiger charge is 1.98. The van der Waals surface area contributed by atoms with Crippen molar-refractivity contribution in [2.45, 2.75) is 6.54 Å². The molecular formula is C13H11N3O. The summed E-state index contributed by atoms with van der Waals surface area (Å²) >= 11 is 0. The van der Waals surface area contributed by atoms with Crippen LogP contribution in [-0.2, 0) is 6.54 Å². The Kier molecular flexibility index (Phi) is 2.93. The van der Waals surface area contributed by atoms with Crippen LogP contribution in [0.3, 0.4) is 0 Å². The molecule has 0 saturated heterocycles. The van der Waals surface area contributed by atoms with Crippen LogP contribution in [0.1, 0.15) is 11.1 Å². The molecule has 4 nitrogen and oxygen atoms in total. The number of hydrogen-bond donors (Lipinski definition) is 1. The maximum atomic E-state index is 11.1. The van der Waals surface area contributed by atoms with Crippen molar-refractivity contribution in [3.05, 3.63) is 64.1 Å². The molecule has 1 aromatic carbocycles. The molecule has 0 spiro atoms. The van der Waals surface area contributed by atoms with Crippen molar-refractivity contribution >= 4 is 5.69 Å². The SMILES string of the molecule is N#Cc1cccc(Cn2ccc(=O)c(N)c2)c1. The van der Waals surface area contributed by atoms with E-state index in [4.69, 9.17) is 11.0 Å². The summed E-state index contributed by atoms with van der Waals surface area (Å²) in [7, 11) is 0. The zero-order valence-electron chi connectivity index (χ0n) is 9.13. The number of aromatic nitrogens is 1. The molecule has 0 aliphatic carbocycles. The predicted molar refractivity (Wildman–Crippen MR) is 65.4 cm³/mol. The number of nitriles is 1. The van der Waals surface area contributed by atoms with E-state index in [1.165, 1.54) is 6.07 Å². The fraction of sp³-hybridized carbons (Fsp3) is 0.0769. The topological polar surface area (TPSA) is 71.8 Å². The Labute approximate surface area is 98.5 Å². The average Bonchev–Trinajstić information content (AvgIpc) is 2.34. The Morgan fingerprint density at radius 1 is 1.35 bits per heavy atom. The van der Waals surface area contributed by atoms with E-state index >= 15 is 0 Å². The summed E-state index contributed by atoms with van der Waals surface area (Å²) in [5.74, 6) is 0. The minimum atomic E-state index is -0.174. The molecule has 0 atom stereocenters. The van der Waals surface area contributed by atoms with Crippen molar-refractivity contribution in [3.8, 4) is 6.07 Å². The smallest absolute Gasteiger partial charge is 0.204 e. The third-order valence-corrected chi connectivity index (χ3v) is 2.43. The number of hydrogen-bond acceptors (Lipinski definition) is 3. The van der Waals surface area contributed by atoms with Gasteiger partial charge in [0.15, 0.2) is 0 Å². The fourth-order valence-corrected chi connectivity index (χ4v) is 1.59. The Balaban J connectivity index is 2.28. The molecule has 2 N–H and O–H groups in total. The quantitative estimate of drug-likeness (QED) is 0.838. The number of nitrogens with two attached hydrogens (primary N) is 1. The number of rotatable bonds is 2. The van der Waals surface area contributed by atoms with Gasteiger partial charge in [-0.15, -0.1) is 0 Å². The minimum absolute atomic E-state index is 0.174. The molecule has 0 saturated carbocycles. The molecule has 0 unspecified atom stereocenters. The maximum Gasteiger partial charge on any atom is 0.204 e. The van der Waals surface area contributed by atoms with Crippen LogP contribution in [0.2, 0.25) is 0 Å². The van der Waals surface area contributed by atoms with Crippen molar-refractivity contribution in [3.63, 3.8) is 0 Å². The summed E-state index contributed by atoms with van der Waals surface area (Å²) in [6.07, 6.45) is 3.28. The molecule has 0 amide bonds. The van der Waals surface area contributed by atoms with Crippen molar-refractivity contribution in [2.24, 2.45) is 0 Å². The third-order valence-electron chi connectivity index (χ3n) is 2.43. The molecule has 1 aromatic heterocycles. The number of pyridine rings is 1. The third kappa shape index (κ3) is 2.52. The van der Waals surface area contributed by atoms with E-state index in [1.54, 1.807) is 18.5 Å². The highest BCUT2D eigenvalue weighted by molar-refractivity contribution is 5.35. The van der Waals surface area contributed by atoms with E-state index in [9.17, 15) is 4.79 Å². The Morgan fingerprint density at radius 3 is 2.88 bits per heavy atom. The standard InChI is InChI=1S/C13H11N3O/c14-7-10-2-1-3-11(6-10)8-16-5-4-13(17)12(15)9-16/h1-6,9H,8,15H2. The van der Waals surface area contributed by atoms with E-state index in [1.807, 2.05) is 22.8 Å². The average molecular weight is 225 g/mol. The van der Waals surface area contributed by atoms with Crippen molar-refractivity contribution < 1.29 is 0 Å². The van der Waals surface area contributed by atoms with Crippen molar-refractivity contribution in [1.82, 2.24) is 4.57 Å². The molecule has 1 heterocycles. The number of benzene rings is 1. The second-order valence-corrected chi connectivity index (χ2v) is 3.75. The fourth-order valence-electron chi connectivity index (χ4n) is 1.59. The first kappa shape index (κ1) is 11.0. The van der Waals surface area contributed by atoms with Gasteiger partial charge in [0.1, 0.15) is 0 Å². The highest BCUT2D eigenvalue weighted by atomic mass is 16.1. The maximum absolute atomic E-state index is 11.1. The van der Waals surface area contributed by atoms with Crippen LogP contribution in [-0.4, -0.2) is 4.57 Å². The normalized spacial score (nSPS) is 9.82. The lowest BCUT2D eigenvalue weighted by Crippen LogP contribution is -2.11. The zero-order chi connectivity index (χ0) is 12.3. The van der Waals surface area contributed by atoms with Gasteiger partial charge in [0.25, 0.3) is 0 Å². The van der Waals surface area contributed by atoms with Crippen LogP contribution in [0.5, 0.6) is 0 Å². The van der Waals surface area contributed by atoms with Gasteiger partial charge >= 0.3 is 0 Å². The van der Waals surface area contributed by atoms with Gasteiger partial charge in [-0.05, 0) is 17.7 Å². The van der Waals surface area contributed by atoms with Crippen LogP contribution in [0, 0.1) is 11.3 Å². The van der Waals surface area contributed by atoms with Crippen molar-refractivity contribution in [2.75, 3.05) is 5.73 Å². The van der Waals surface area contributed by atoms with Gasteiger partial charge in [0.05, 0.1) is 17.3 Å². The van der Waals surface area contributed by atoms with Gasteiger partial charge < -0.3 is 10.3 Å². The lowest BCUT2D eigenvalue weighted by atomic mass is 10.1. The number of anilines is 1. The van der Waals surface area contributed by atoms with E-state index in [0.717, 1.165) is 5.56 Å². The summed E-state index contributed by atoms with van der Waals surface area (Å²) in [5, 5.41) is 8.79. The van der Waals surface area contributed by atoms with Gasteiger partial charge in [-0.1, -0.05) is 12.1 Å². The van der Waals surface area contributed by atoms with Crippen LogP contribution in [0.4, 0.5) is 5.69 Å². The zero-order valence-corrected chi connectivity index (χ0v) is 9.13. The summed E-state index contributed by atoms with van der Waals surface area (Å²) in [4.78, 5) is 11.1. The molecule has 17 heavy (non-hydrogen) atoms. The lowest BCUT2D eigenvalue weighted by molar-refractivity contribution is 0.791. The van der Waals surface area contributed by atoms with Gasteiger partial charge in [-0.25, -0.2) is 0 Å². The minimum Gasteiger partial charge on any atom is -0.394 e. The summed E-state index contributed by atoms with van der Waals surface area (Å²) < 4.78 is 1.81. The molecule has 2 aromatic rings. The molecule has 84 valence electrons. The Hall–Kier alpha value is -2.54. The number of nitrogen functional groups attached to an aromatic ring is 1. The van der Waals surface area contributed by atoms with Crippen LogP contribution < -0.4 is 11.2 Å². The largest absolute Gasteiger partial charge is 0.394 e. The van der Waals surface area contributed by atoms with Gasteiger partial charge in [0.2, 0.25) is 5.43 Å². The van der Waals surface area contributed by atoms with Gasteiger partial charge in [0, 0.05) is 25.0 Å². The van der Waals surface area contributed by atoms with E-state index in [2.05, 4.69) is 6.07 Å². The molecular weight excluding hydrogens is 214 g/mol. The molecule has 0 aliphatic rings. The highest BCUT2D eigenvalue weighted by Crippen LogP contribution is 2.06. The van der Waals surface area contributed by atoms with E-state index in [0.29, 0.717) is 12.1 Å². The monoisotopic (exact) mass is 225 g/mol. The first-order chi connectivity index (χ1) is 8.19. The summed E-state index contributed by atoms with van der Waals surface area (Å²) in [5.41, 5.74) is 7.21. The number of nitrogens with zero attached hydrogens (tertiary/aromatic N) is 2. The van der Waals surface area contributed by atoms with Crippen LogP contribution in [0.15, 0.2) is 47.5 Å². The Bertz CT molecular complexity index is 638. The molecule has 4 heteroatoms. The van der Waals surface area contributed by atoms with E-state index in [-0.39, 0.29) is 11.1 Å². The van der Waals surface area contributed by atoms with E-state index < -0.39 is 0 Å². The second-order valence-electron chi connectivity index (χ2n) is 3.75. The van der Waals surface area contributed by atoms with Crippen molar-refractivity contribution in [1.29, 1.82) is 5.26 Å². The summed E-state index contributed by atoms with van der Waals surface area (Å²) in [6.45, 7) is 0.583. The molecule has 0 bridgehead atoms. The first-order valence-corrected chi connectivity index (χ1v) is 5.13. The summed E-state index contributed by atoms with van der Waals surface area (Å²) in [6, 6.07) is 10.8.